The van der Waals surface area contributed by atoms with Gasteiger partial charge >= 0.3 is 0 Å². The number of anilines is 1. The Bertz CT molecular complexity index is 2970. The Hall–Kier alpha value is -6.06. The molecule has 4 atom stereocenters. The quantitative estimate of drug-likeness (QED) is 0.208. The van der Waals surface area contributed by atoms with Crippen LogP contribution in [0, 0.1) is 11.8 Å². The summed E-state index contributed by atoms with van der Waals surface area (Å²) in [5.74, 6) is 1.07. The fourth-order valence-corrected chi connectivity index (χ4v) is 13.4. The number of hydrogen-bond acceptors (Lipinski definition) is 2. The lowest BCUT2D eigenvalue weighted by Gasteiger charge is -2.41. The van der Waals surface area contributed by atoms with E-state index in [2.05, 4.69) is 179 Å². The lowest BCUT2D eigenvalue weighted by atomic mass is 9.82. The second-order valence-corrected chi connectivity index (χ2v) is 21.6. The van der Waals surface area contributed by atoms with E-state index in [4.69, 9.17) is 0 Å². The van der Waals surface area contributed by atoms with Gasteiger partial charge in [0, 0.05) is 57.1 Å². The Labute approximate surface area is 419 Å². The highest BCUT2D eigenvalue weighted by molar-refractivity contribution is 5.94. The molecule has 12 rings (SSSR count). The van der Waals surface area contributed by atoms with Crippen molar-refractivity contribution in [2.75, 3.05) is 4.90 Å². The van der Waals surface area contributed by atoms with Crippen LogP contribution in [0.5, 0.6) is 0 Å². The van der Waals surface area contributed by atoms with Crippen LogP contribution >= 0.6 is 0 Å². The second kappa shape index (κ2) is 20.3. The zero-order chi connectivity index (χ0) is 46.8. The molecule has 0 aliphatic heterocycles. The lowest BCUT2D eigenvalue weighted by Crippen LogP contribution is -2.36. The van der Waals surface area contributed by atoms with Crippen LogP contribution in [0.4, 0.5) is 5.69 Å². The molecule has 1 aromatic carbocycles. The predicted molar refractivity (Wildman–Crippen MR) is 297 cm³/mol. The third-order valence-electron chi connectivity index (χ3n) is 17.2. The van der Waals surface area contributed by atoms with Crippen molar-refractivity contribution in [1.29, 1.82) is 0 Å². The largest absolute Gasteiger partial charge is 0.345 e. The summed E-state index contributed by atoms with van der Waals surface area (Å²) in [7, 11) is 0. The normalized spacial score (nSPS) is 26.4. The molecule has 70 heavy (non-hydrogen) atoms. The van der Waals surface area contributed by atoms with Crippen LogP contribution < -0.4 is 4.90 Å². The van der Waals surface area contributed by atoms with Crippen LogP contribution in [0.3, 0.4) is 0 Å². The molecule has 0 saturated heterocycles. The number of aromatic nitrogens is 1. The number of rotatable bonds is 11. The molecule has 3 heteroatoms. The standard InChI is InChI=1S/C67H73N3/c1-48-14-13-19-56(46-48)55-32-42-60(43-33-55)68(58-34-24-51(25-35-58)49-15-5-2-6-16-49)59-36-28-53(29-37-59)54-30-40-62(41-31-54)69(61-38-26-52(27-39-61)50-17-7-3-8-18-50)63-44-45-65-64-22-11-12-23-66(64)70(67(65)47-63)57-20-9-4-10-21-57/h2-3,5,7,9,11,13,15,17,19-20,22,24,26,28,30,32,34,38,40-42,44-48,54,57,59H,4,6,8,10,12,14,16,18,21,23,25,27,29,31,33,35-37,39,43H2,1H3. The van der Waals surface area contributed by atoms with Gasteiger partial charge in [0.25, 0.3) is 0 Å². The van der Waals surface area contributed by atoms with E-state index in [9.17, 15) is 0 Å². The van der Waals surface area contributed by atoms with Crippen molar-refractivity contribution in [2.24, 2.45) is 11.8 Å². The molecular weight excluding hydrogens is 847 g/mol. The molecule has 10 aliphatic carbocycles. The van der Waals surface area contributed by atoms with E-state index >= 15 is 0 Å². The number of hydrogen-bond donors (Lipinski definition) is 0. The zero-order valence-electron chi connectivity index (χ0n) is 41.8. The Balaban J connectivity index is 0.827. The van der Waals surface area contributed by atoms with Crippen LogP contribution in [-0.2, 0) is 6.42 Å². The first-order valence-corrected chi connectivity index (χ1v) is 27.6. The van der Waals surface area contributed by atoms with Gasteiger partial charge in [-0.05, 0) is 204 Å². The highest BCUT2D eigenvalue weighted by atomic mass is 15.2. The lowest BCUT2D eigenvalue weighted by molar-refractivity contribution is 0.269. The summed E-state index contributed by atoms with van der Waals surface area (Å²) in [5.41, 5.74) is 22.1. The first kappa shape index (κ1) is 45.1. The molecule has 0 saturated carbocycles. The van der Waals surface area contributed by atoms with E-state index in [-0.39, 0.29) is 0 Å². The van der Waals surface area contributed by atoms with E-state index in [1.807, 2.05) is 0 Å². The molecule has 4 unspecified atom stereocenters. The summed E-state index contributed by atoms with van der Waals surface area (Å²) in [6.45, 7) is 2.35. The molecule has 1 heterocycles. The molecule has 3 nitrogen and oxygen atoms in total. The van der Waals surface area contributed by atoms with Crippen molar-refractivity contribution in [3.05, 3.63) is 225 Å². The highest BCUT2D eigenvalue weighted by Gasteiger charge is 2.31. The van der Waals surface area contributed by atoms with Gasteiger partial charge in [0.1, 0.15) is 0 Å². The van der Waals surface area contributed by atoms with Gasteiger partial charge in [-0.25, -0.2) is 0 Å². The Kier molecular flexibility index (Phi) is 13.1. The molecule has 1 aromatic heterocycles. The van der Waals surface area contributed by atoms with Gasteiger partial charge in [-0.1, -0.05) is 134 Å². The average molecular weight is 920 g/mol. The fraction of sp³-hybridized carbons (Fsp3) is 0.373. The monoisotopic (exact) mass is 920 g/mol. The number of benzene rings is 1. The first-order chi connectivity index (χ1) is 34.6. The molecule has 2 aromatic rings. The molecule has 0 radical (unpaired) electrons. The van der Waals surface area contributed by atoms with E-state index < -0.39 is 0 Å². The second-order valence-electron chi connectivity index (χ2n) is 21.6. The Morgan fingerprint density at radius 2 is 1.29 bits per heavy atom. The van der Waals surface area contributed by atoms with Crippen molar-refractivity contribution in [2.45, 2.75) is 147 Å². The van der Waals surface area contributed by atoms with Gasteiger partial charge in [0.05, 0.1) is 11.6 Å². The fourth-order valence-electron chi connectivity index (χ4n) is 13.4. The van der Waals surface area contributed by atoms with Gasteiger partial charge in [-0.2, -0.15) is 0 Å². The SMILES string of the molecule is CC1C=C(C2=CC=C(N(C3=CC=C(C4=CC=CCC4)CC3)C3CC=C(C4C=CC(N(C5=CC=C(C6=CC=CCC6)CC5)c5ccc6c7c(n(C8C=CCCC8)c6c5)CCC=C7)=CC4)CC3)CC2)C=CC1. The molecule has 0 amide bonds. The van der Waals surface area contributed by atoms with Gasteiger partial charge in [0.15, 0.2) is 0 Å². The summed E-state index contributed by atoms with van der Waals surface area (Å²) in [5, 5.41) is 1.40. The van der Waals surface area contributed by atoms with Gasteiger partial charge in [0.2, 0.25) is 0 Å². The summed E-state index contributed by atoms with van der Waals surface area (Å²) < 4.78 is 2.73. The summed E-state index contributed by atoms with van der Waals surface area (Å²) in [4.78, 5) is 5.44. The van der Waals surface area contributed by atoms with E-state index in [0.717, 1.165) is 96.3 Å². The van der Waals surface area contributed by atoms with Crippen molar-refractivity contribution >= 4 is 22.7 Å². The van der Waals surface area contributed by atoms with E-state index in [0.29, 0.717) is 23.9 Å². The minimum Gasteiger partial charge on any atom is -0.345 e. The molecule has 0 fully saturated rings. The van der Waals surface area contributed by atoms with Crippen LogP contribution in [0.25, 0.3) is 17.0 Å². The predicted octanol–water partition coefficient (Wildman–Crippen LogP) is 17.8. The molecule has 356 valence electrons. The van der Waals surface area contributed by atoms with Crippen LogP contribution in [-0.4, -0.2) is 15.5 Å². The molecule has 0 spiro atoms. The third kappa shape index (κ3) is 9.22. The maximum Gasteiger partial charge on any atom is 0.0519 e. The minimum absolute atomic E-state index is 0.429. The summed E-state index contributed by atoms with van der Waals surface area (Å²) in [6, 6.07) is 8.32. The van der Waals surface area contributed by atoms with Crippen molar-refractivity contribution in [3.8, 4) is 0 Å². The number of fused-ring (bicyclic) bond motifs is 3. The van der Waals surface area contributed by atoms with Crippen LogP contribution in [0.2, 0.25) is 0 Å². The maximum atomic E-state index is 2.81. The van der Waals surface area contributed by atoms with Crippen molar-refractivity contribution in [1.82, 2.24) is 9.47 Å². The van der Waals surface area contributed by atoms with Crippen LogP contribution in [0.1, 0.15) is 146 Å². The van der Waals surface area contributed by atoms with Gasteiger partial charge in [-0.15, -0.1) is 0 Å². The molecule has 0 N–H and O–H groups in total. The van der Waals surface area contributed by atoms with E-state index in [1.54, 1.807) is 5.57 Å². The Morgan fingerprint density at radius 3 is 1.91 bits per heavy atom. The smallest absolute Gasteiger partial charge is 0.0519 e. The van der Waals surface area contributed by atoms with Gasteiger partial charge in [-0.3, -0.25) is 0 Å². The summed E-state index contributed by atoms with van der Waals surface area (Å²) >= 11 is 0. The van der Waals surface area contributed by atoms with Crippen molar-refractivity contribution < 1.29 is 0 Å². The maximum absolute atomic E-state index is 2.81. The molecule has 0 bridgehead atoms. The zero-order valence-corrected chi connectivity index (χ0v) is 41.8. The topological polar surface area (TPSA) is 11.4 Å². The van der Waals surface area contributed by atoms with Gasteiger partial charge < -0.3 is 14.4 Å². The molecular formula is C67H73N3. The highest BCUT2D eigenvalue weighted by Crippen LogP contribution is 2.44. The summed E-state index contributed by atoms with van der Waals surface area (Å²) in [6.07, 6.45) is 78.6. The minimum atomic E-state index is 0.429. The number of allylic oxidation sites excluding steroid dienone is 31. The third-order valence-corrected chi connectivity index (χ3v) is 17.2. The first-order valence-electron chi connectivity index (χ1n) is 27.6. The molecule has 10 aliphatic rings. The van der Waals surface area contributed by atoms with Crippen molar-refractivity contribution in [3.63, 3.8) is 0 Å². The van der Waals surface area contributed by atoms with E-state index in [1.165, 1.54) is 116 Å². The number of nitrogens with zero attached hydrogens (tertiary/aromatic N) is 3. The average Bonchev–Trinajstić information content (AvgIpc) is 3.76. The Morgan fingerprint density at radius 1 is 0.557 bits per heavy atom. The van der Waals surface area contributed by atoms with Crippen LogP contribution in [0.15, 0.2) is 214 Å².